The monoisotopic (exact) mass is 296 g/mol. The first-order valence-electron chi connectivity index (χ1n) is 7.45. The summed E-state index contributed by atoms with van der Waals surface area (Å²) in [7, 11) is 0. The van der Waals surface area contributed by atoms with Crippen molar-refractivity contribution < 1.29 is 19.1 Å². The van der Waals surface area contributed by atoms with Crippen molar-refractivity contribution in [2.75, 3.05) is 6.61 Å². The topological polar surface area (TPSA) is 84.5 Å². The number of carbonyl (C=O) groups is 3. The molecule has 0 bridgehead atoms. The van der Waals surface area contributed by atoms with Crippen molar-refractivity contribution in [2.24, 2.45) is 0 Å². The zero-order valence-electron chi connectivity index (χ0n) is 12.5. The lowest BCUT2D eigenvalue weighted by atomic mass is 10.1. The van der Waals surface area contributed by atoms with Crippen LogP contribution in [0.1, 0.15) is 45.4 Å². The first kappa shape index (κ1) is 17.2. The molecule has 6 heteroatoms. The Morgan fingerprint density at radius 1 is 1.52 bits per heavy atom. The third-order valence-corrected chi connectivity index (χ3v) is 3.35. The van der Waals surface area contributed by atoms with Crippen LogP contribution in [0.4, 0.5) is 0 Å². The van der Waals surface area contributed by atoms with Crippen LogP contribution in [-0.4, -0.2) is 36.5 Å². The average Bonchev–Trinajstić information content (AvgIpc) is 2.68. The van der Waals surface area contributed by atoms with Gasteiger partial charge in [-0.1, -0.05) is 12.5 Å². The molecule has 0 aromatic rings. The molecule has 2 amide bonds. The van der Waals surface area contributed by atoms with Gasteiger partial charge in [0.2, 0.25) is 11.8 Å². The van der Waals surface area contributed by atoms with Gasteiger partial charge in [-0.25, -0.2) is 4.79 Å². The van der Waals surface area contributed by atoms with Crippen LogP contribution < -0.4 is 10.6 Å². The summed E-state index contributed by atoms with van der Waals surface area (Å²) in [5, 5.41) is 5.37. The highest BCUT2D eigenvalue weighted by Crippen LogP contribution is 2.10. The maximum Gasteiger partial charge on any atom is 0.328 e. The Morgan fingerprint density at radius 3 is 2.95 bits per heavy atom. The van der Waals surface area contributed by atoms with Crippen LogP contribution in [0.15, 0.2) is 12.7 Å². The number of ether oxygens (including phenoxy) is 1. The molecule has 0 spiro atoms. The van der Waals surface area contributed by atoms with Gasteiger partial charge in [-0.05, 0) is 32.6 Å². The SMILES string of the molecule is C=CCC[C@@H](NC(=O)[C@H]1CCCCC(=O)N1)C(=O)OCC. The molecule has 0 aromatic heterocycles. The van der Waals surface area contributed by atoms with E-state index in [1.54, 1.807) is 13.0 Å². The second kappa shape index (κ2) is 9.15. The van der Waals surface area contributed by atoms with Gasteiger partial charge >= 0.3 is 5.97 Å². The molecule has 1 saturated heterocycles. The zero-order valence-corrected chi connectivity index (χ0v) is 12.5. The lowest BCUT2D eigenvalue weighted by molar-refractivity contribution is -0.147. The van der Waals surface area contributed by atoms with E-state index in [4.69, 9.17) is 4.74 Å². The molecule has 0 aliphatic carbocycles. The number of hydrogen-bond donors (Lipinski definition) is 2. The molecule has 0 saturated carbocycles. The first-order valence-corrected chi connectivity index (χ1v) is 7.45. The highest BCUT2D eigenvalue weighted by Gasteiger charge is 2.27. The summed E-state index contributed by atoms with van der Waals surface area (Å²) >= 11 is 0. The number of carbonyl (C=O) groups excluding carboxylic acids is 3. The summed E-state index contributed by atoms with van der Waals surface area (Å²) < 4.78 is 4.96. The molecule has 21 heavy (non-hydrogen) atoms. The van der Waals surface area contributed by atoms with Crippen molar-refractivity contribution >= 4 is 17.8 Å². The summed E-state index contributed by atoms with van der Waals surface area (Å²) in [4.78, 5) is 35.6. The minimum Gasteiger partial charge on any atom is -0.464 e. The normalized spacial score (nSPS) is 19.9. The van der Waals surface area contributed by atoms with E-state index in [1.165, 1.54) is 0 Å². The van der Waals surface area contributed by atoms with Crippen LogP contribution in [0.3, 0.4) is 0 Å². The number of hydrogen-bond acceptors (Lipinski definition) is 4. The van der Waals surface area contributed by atoms with Crippen LogP contribution in [0.2, 0.25) is 0 Å². The highest BCUT2D eigenvalue weighted by molar-refractivity contribution is 5.90. The van der Waals surface area contributed by atoms with Gasteiger partial charge in [0, 0.05) is 6.42 Å². The Kier molecular flexibility index (Phi) is 7.50. The second-order valence-corrected chi connectivity index (χ2v) is 5.05. The molecular weight excluding hydrogens is 272 g/mol. The number of rotatable bonds is 7. The Labute approximate surface area is 125 Å². The fourth-order valence-corrected chi connectivity index (χ4v) is 2.22. The molecule has 0 aromatic carbocycles. The highest BCUT2D eigenvalue weighted by atomic mass is 16.5. The Bertz CT molecular complexity index is 395. The predicted octanol–water partition coefficient (Wildman–Crippen LogP) is 1.06. The molecule has 6 nitrogen and oxygen atoms in total. The van der Waals surface area contributed by atoms with Crippen LogP contribution in [0.5, 0.6) is 0 Å². The van der Waals surface area contributed by atoms with Crippen molar-refractivity contribution in [3.63, 3.8) is 0 Å². The molecule has 1 aliphatic rings. The molecule has 2 atom stereocenters. The molecule has 2 N–H and O–H groups in total. The van der Waals surface area contributed by atoms with Crippen molar-refractivity contribution in [1.29, 1.82) is 0 Å². The third-order valence-electron chi connectivity index (χ3n) is 3.35. The van der Waals surface area contributed by atoms with Crippen LogP contribution in [0.25, 0.3) is 0 Å². The molecule has 1 fully saturated rings. The van der Waals surface area contributed by atoms with Gasteiger partial charge in [0.15, 0.2) is 0 Å². The van der Waals surface area contributed by atoms with Crippen molar-refractivity contribution in [3.05, 3.63) is 12.7 Å². The molecular formula is C15H24N2O4. The lowest BCUT2D eigenvalue weighted by Crippen LogP contribution is -2.51. The second-order valence-electron chi connectivity index (χ2n) is 5.05. The molecule has 1 heterocycles. The van der Waals surface area contributed by atoms with Gasteiger partial charge in [0.1, 0.15) is 12.1 Å². The van der Waals surface area contributed by atoms with Crippen molar-refractivity contribution in [1.82, 2.24) is 10.6 Å². The molecule has 1 aliphatic heterocycles. The van der Waals surface area contributed by atoms with E-state index in [0.29, 0.717) is 25.7 Å². The van der Waals surface area contributed by atoms with Gasteiger partial charge in [-0.3, -0.25) is 9.59 Å². The van der Waals surface area contributed by atoms with Crippen LogP contribution in [0, 0.1) is 0 Å². The van der Waals surface area contributed by atoms with E-state index in [1.807, 2.05) is 0 Å². The molecule has 118 valence electrons. The van der Waals surface area contributed by atoms with Gasteiger partial charge in [-0.2, -0.15) is 0 Å². The summed E-state index contributed by atoms with van der Waals surface area (Å²) in [6.07, 6.45) is 5.36. The van der Waals surface area contributed by atoms with E-state index in [2.05, 4.69) is 17.2 Å². The standard InChI is InChI=1S/C15H24N2O4/c1-3-5-8-12(15(20)21-4-2)17-14(19)11-9-6-7-10-13(18)16-11/h3,11-12H,1,4-10H2,2H3,(H,16,18)(H,17,19)/t11-,12-/m1/s1. The maximum absolute atomic E-state index is 12.2. The zero-order chi connectivity index (χ0) is 15.7. The van der Waals surface area contributed by atoms with Crippen LogP contribution >= 0.6 is 0 Å². The van der Waals surface area contributed by atoms with Gasteiger partial charge in [0.25, 0.3) is 0 Å². The fourth-order valence-electron chi connectivity index (χ4n) is 2.22. The Morgan fingerprint density at radius 2 is 2.29 bits per heavy atom. The average molecular weight is 296 g/mol. The van der Waals surface area contributed by atoms with E-state index in [9.17, 15) is 14.4 Å². The quantitative estimate of drug-likeness (QED) is 0.543. The summed E-state index contributed by atoms with van der Waals surface area (Å²) in [6.45, 7) is 5.59. The number of nitrogens with one attached hydrogen (secondary N) is 2. The first-order chi connectivity index (χ1) is 10.1. The minimum absolute atomic E-state index is 0.119. The Hall–Kier alpha value is -1.85. The van der Waals surface area contributed by atoms with E-state index >= 15 is 0 Å². The minimum atomic E-state index is -0.699. The molecule has 0 unspecified atom stereocenters. The Balaban J connectivity index is 2.62. The molecule has 1 rings (SSSR count). The summed E-state index contributed by atoms with van der Waals surface area (Å²) in [5.74, 6) is -0.897. The maximum atomic E-state index is 12.2. The number of esters is 1. The van der Waals surface area contributed by atoms with Gasteiger partial charge < -0.3 is 15.4 Å². The van der Waals surface area contributed by atoms with E-state index in [0.717, 1.165) is 12.8 Å². The van der Waals surface area contributed by atoms with Crippen molar-refractivity contribution in [3.8, 4) is 0 Å². The molecule has 0 radical (unpaired) electrons. The van der Waals surface area contributed by atoms with E-state index < -0.39 is 18.1 Å². The lowest BCUT2D eigenvalue weighted by Gasteiger charge is -2.21. The van der Waals surface area contributed by atoms with Crippen molar-refractivity contribution in [2.45, 2.75) is 57.5 Å². The number of amides is 2. The van der Waals surface area contributed by atoms with Gasteiger partial charge in [-0.15, -0.1) is 6.58 Å². The summed E-state index contributed by atoms with van der Waals surface area (Å²) in [5.41, 5.74) is 0. The van der Waals surface area contributed by atoms with Crippen LogP contribution in [-0.2, 0) is 19.1 Å². The number of allylic oxidation sites excluding steroid dienone is 1. The fraction of sp³-hybridized carbons (Fsp3) is 0.667. The largest absolute Gasteiger partial charge is 0.464 e. The summed E-state index contributed by atoms with van der Waals surface area (Å²) in [6, 6.07) is -1.27. The van der Waals surface area contributed by atoms with E-state index in [-0.39, 0.29) is 18.4 Å². The predicted molar refractivity (Wildman–Crippen MR) is 78.4 cm³/mol. The third kappa shape index (κ3) is 5.97. The smallest absolute Gasteiger partial charge is 0.328 e. The van der Waals surface area contributed by atoms with Gasteiger partial charge in [0.05, 0.1) is 6.61 Å².